The average Bonchev–Trinajstić information content (AvgIpc) is 2.37. The molecule has 16 heavy (non-hydrogen) atoms. The third-order valence-corrected chi connectivity index (χ3v) is 2.93. The van der Waals surface area contributed by atoms with E-state index in [2.05, 4.69) is 8.37 Å². The zero-order valence-electron chi connectivity index (χ0n) is 7.77. The molecule has 1 saturated heterocycles. The maximum atomic E-state index is 10.9. The number of rotatable bonds is 1. The van der Waals surface area contributed by atoms with Crippen molar-refractivity contribution in [3.05, 3.63) is 29.8 Å². The van der Waals surface area contributed by atoms with Crippen LogP contribution in [-0.4, -0.2) is 30.0 Å². The van der Waals surface area contributed by atoms with Crippen LogP contribution in [0.4, 0.5) is 0 Å². The quantitative estimate of drug-likeness (QED) is 0.593. The fourth-order valence-electron chi connectivity index (χ4n) is 1.28. The van der Waals surface area contributed by atoms with Crippen molar-refractivity contribution in [2.45, 2.75) is 12.1 Å². The van der Waals surface area contributed by atoms with Gasteiger partial charge in [0.25, 0.3) is 5.79 Å². The molecule has 0 spiro atoms. The van der Waals surface area contributed by atoms with Crippen LogP contribution in [0.5, 0.6) is 5.75 Å². The zero-order valence-corrected chi connectivity index (χ0v) is 8.59. The van der Waals surface area contributed by atoms with Crippen LogP contribution in [0.3, 0.4) is 0 Å². The van der Waals surface area contributed by atoms with Gasteiger partial charge in [-0.05, 0) is 24.3 Å². The summed E-state index contributed by atoms with van der Waals surface area (Å²) < 4.78 is 30.1. The van der Waals surface area contributed by atoms with E-state index in [1.54, 1.807) is 0 Å². The Labute approximate surface area is 90.8 Å². The molecule has 7 nitrogen and oxygen atoms in total. The van der Waals surface area contributed by atoms with Crippen LogP contribution in [0, 0.1) is 0 Å². The van der Waals surface area contributed by atoms with Gasteiger partial charge in [-0.1, -0.05) is 0 Å². The molecular formula is C8H8O7S. The lowest BCUT2D eigenvalue weighted by Crippen LogP contribution is -2.36. The van der Waals surface area contributed by atoms with Gasteiger partial charge in [0, 0.05) is 5.56 Å². The highest BCUT2D eigenvalue weighted by Gasteiger charge is 2.53. The summed E-state index contributed by atoms with van der Waals surface area (Å²) in [6.45, 7) is 0. The van der Waals surface area contributed by atoms with Gasteiger partial charge >= 0.3 is 10.4 Å². The van der Waals surface area contributed by atoms with E-state index < -0.39 is 22.5 Å². The number of phenols is 1. The first-order valence-electron chi connectivity index (χ1n) is 4.17. The highest BCUT2D eigenvalue weighted by molar-refractivity contribution is 7.82. The molecule has 3 N–H and O–H groups in total. The zero-order chi connectivity index (χ0) is 12.0. The maximum absolute atomic E-state index is 10.9. The van der Waals surface area contributed by atoms with Crippen molar-refractivity contribution in [2.24, 2.45) is 0 Å². The summed E-state index contributed by atoms with van der Waals surface area (Å²) in [6, 6.07) is 4.80. The summed E-state index contributed by atoms with van der Waals surface area (Å²) in [6.07, 6.45) is -2.05. The van der Waals surface area contributed by atoms with Gasteiger partial charge in [-0.3, -0.25) is 0 Å². The van der Waals surface area contributed by atoms with Gasteiger partial charge in [0.05, 0.1) is 0 Å². The number of aliphatic hydroxyl groups is 2. The fraction of sp³-hybridized carbons (Fsp3) is 0.250. The van der Waals surface area contributed by atoms with Gasteiger partial charge in [-0.25, -0.2) is 8.37 Å². The molecule has 0 radical (unpaired) electrons. The minimum atomic E-state index is -4.42. The molecule has 1 heterocycles. The Balaban J connectivity index is 2.43. The Morgan fingerprint density at radius 3 is 2.25 bits per heavy atom. The molecule has 2 rings (SSSR count). The molecule has 1 aliphatic rings. The molecule has 8 heteroatoms. The number of hydrogen-bond acceptors (Lipinski definition) is 7. The highest BCUT2D eigenvalue weighted by Crippen LogP contribution is 2.36. The molecule has 1 aromatic rings. The maximum Gasteiger partial charge on any atom is 0.405 e. The van der Waals surface area contributed by atoms with Crippen molar-refractivity contribution in [3.8, 4) is 5.75 Å². The van der Waals surface area contributed by atoms with E-state index in [0.29, 0.717) is 0 Å². The van der Waals surface area contributed by atoms with Crippen molar-refractivity contribution in [2.75, 3.05) is 0 Å². The Morgan fingerprint density at radius 1 is 1.25 bits per heavy atom. The van der Waals surface area contributed by atoms with Gasteiger partial charge in [-0.15, -0.1) is 0 Å². The fourth-order valence-corrected chi connectivity index (χ4v) is 2.17. The third-order valence-electron chi connectivity index (χ3n) is 2.05. The number of phenolic OH excluding ortho intramolecular Hbond substituents is 1. The summed E-state index contributed by atoms with van der Waals surface area (Å²) >= 11 is 0. The molecular weight excluding hydrogens is 240 g/mol. The summed E-state index contributed by atoms with van der Waals surface area (Å²) in [4.78, 5) is 0. The summed E-state index contributed by atoms with van der Waals surface area (Å²) in [5, 5.41) is 28.1. The van der Waals surface area contributed by atoms with Crippen molar-refractivity contribution in [1.29, 1.82) is 0 Å². The predicted octanol–water partition coefficient (Wildman–Crippen LogP) is -0.853. The molecule has 1 fully saturated rings. The second-order valence-electron chi connectivity index (χ2n) is 3.18. The summed E-state index contributed by atoms with van der Waals surface area (Å²) in [7, 11) is -4.42. The Bertz CT molecular complexity index is 494. The topological polar surface area (TPSA) is 113 Å². The SMILES string of the molecule is O=S1(=O)OC(O)C(O)(c2ccc(O)cc2)O1. The second kappa shape index (κ2) is 3.40. The number of aliphatic hydroxyl groups excluding tert-OH is 1. The number of benzene rings is 1. The van der Waals surface area contributed by atoms with E-state index in [1.165, 1.54) is 24.3 Å². The first kappa shape index (κ1) is 11.3. The van der Waals surface area contributed by atoms with Crippen LogP contribution in [0.2, 0.25) is 0 Å². The lowest BCUT2D eigenvalue weighted by Gasteiger charge is -2.21. The normalized spacial score (nSPS) is 32.8. The first-order valence-corrected chi connectivity index (χ1v) is 5.51. The largest absolute Gasteiger partial charge is 0.508 e. The second-order valence-corrected chi connectivity index (χ2v) is 4.36. The van der Waals surface area contributed by atoms with Crippen LogP contribution in [-0.2, 0) is 24.6 Å². The Kier molecular flexibility index (Phi) is 2.40. The van der Waals surface area contributed by atoms with Crippen molar-refractivity contribution in [1.82, 2.24) is 0 Å². The molecule has 0 amide bonds. The average molecular weight is 248 g/mol. The van der Waals surface area contributed by atoms with Crippen LogP contribution in [0.15, 0.2) is 24.3 Å². The number of hydrogen-bond donors (Lipinski definition) is 3. The van der Waals surface area contributed by atoms with E-state index in [4.69, 9.17) is 5.11 Å². The lowest BCUT2D eigenvalue weighted by molar-refractivity contribution is -0.231. The molecule has 1 aromatic carbocycles. The summed E-state index contributed by atoms with van der Waals surface area (Å²) in [5.41, 5.74) is -0.0566. The minimum Gasteiger partial charge on any atom is -0.508 e. The van der Waals surface area contributed by atoms with Gasteiger partial charge in [-0.2, -0.15) is 8.42 Å². The predicted molar refractivity (Wildman–Crippen MR) is 49.1 cm³/mol. The van der Waals surface area contributed by atoms with Crippen molar-refractivity contribution < 1.29 is 32.1 Å². The molecule has 0 saturated carbocycles. The molecule has 2 atom stereocenters. The molecule has 0 aliphatic carbocycles. The van der Waals surface area contributed by atoms with E-state index >= 15 is 0 Å². The highest BCUT2D eigenvalue weighted by atomic mass is 32.3. The monoisotopic (exact) mass is 248 g/mol. The van der Waals surface area contributed by atoms with Crippen molar-refractivity contribution in [3.63, 3.8) is 0 Å². The van der Waals surface area contributed by atoms with E-state index in [0.717, 1.165) is 0 Å². The van der Waals surface area contributed by atoms with Crippen LogP contribution < -0.4 is 0 Å². The molecule has 1 aliphatic heterocycles. The smallest absolute Gasteiger partial charge is 0.405 e. The Hall–Kier alpha value is -1.19. The minimum absolute atomic E-state index is 0.0566. The molecule has 0 bridgehead atoms. The van der Waals surface area contributed by atoms with Gasteiger partial charge in [0.2, 0.25) is 6.29 Å². The third kappa shape index (κ3) is 1.77. The lowest BCUT2D eigenvalue weighted by atomic mass is 10.1. The molecule has 0 aromatic heterocycles. The van der Waals surface area contributed by atoms with Crippen LogP contribution in [0.1, 0.15) is 5.56 Å². The molecule has 2 unspecified atom stereocenters. The van der Waals surface area contributed by atoms with Gasteiger partial charge in [0.15, 0.2) is 0 Å². The Morgan fingerprint density at radius 2 is 1.81 bits per heavy atom. The summed E-state index contributed by atoms with van der Waals surface area (Å²) in [5.74, 6) is -2.57. The number of aromatic hydroxyl groups is 1. The first-order chi connectivity index (χ1) is 7.33. The molecule has 88 valence electrons. The van der Waals surface area contributed by atoms with Crippen LogP contribution in [0.25, 0.3) is 0 Å². The van der Waals surface area contributed by atoms with E-state index in [1.807, 2.05) is 0 Å². The standard InChI is InChI=1S/C8H8O7S/c9-6-3-1-5(2-4-6)8(11)7(10)14-16(12,13)15-8/h1-4,7,9-11H. The van der Waals surface area contributed by atoms with Gasteiger partial charge < -0.3 is 15.3 Å². The van der Waals surface area contributed by atoms with Crippen LogP contribution >= 0.6 is 0 Å². The van der Waals surface area contributed by atoms with E-state index in [-0.39, 0.29) is 11.3 Å². The van der Waals surface area contributed by atoms with Gasteiger partial charge in [0.1, 0.15) is 5.75 Å². The van der Waals surface area contributed by atoms with E-state index in [9.17, 15) is 18.6 Å². The van der Waals surface area contributed by atoms with Crippen molar-refractivity contribution >= 4 is 10.4 Å².